The van der Waals surface area contributed by atoms with E-state index in [0.29, 0.717) is 18.0 Å². The molecular weight excluding hydrogens is 745 g/mol. The predicted molar refractivity (Wildman–Crippen MR) is 241 cm³/mol. The maximum atomic E-state index is 13.9. The van der Waals surface area contributed by atoms with E-state index < -0.39 is 11.5 Å². The largest absolute Gasteiger partial charge is 0.871 e. The quantitative estimate of drug-likeness (QED) is 0.0770. The number of benzene rings is 7. The number of nitrogens with zero attached hydrogens (tertiary/aromatic N) is 2. The minimum atomic E-state index is -0.541. The topological polar surface area (TPSA) is 96.1 Å². The summed E-state index contributed by atoms with van der Waals surface area (Å²) >= 11 is 0. The monoisotopic (exact) mass is 786 g/mol. The van der Waals surface area contributed by atoms with Crippen molar-refractivity contribution in [2.24, 2.45) is 0 Å². The third kappa shape index (κ3) is 7.00. The Balaban J connectivity index is 1.07. The van der Waals surface area contributed by atoms with Crippen LogP contribution in [0, 0.1) is 0 Å². The van der Waals surface area contributed by atoms with E-state index in [1.54, 1.807) is 36.4 Å². The lowest BCUT2D eigenvalue weighted by molar-refractivity contribution is -0.297. The first kappa shape index (κ1) is 37.9. The number of rotatable bonds is 11. The summed E-state index contributed by atoms with van der Waals surface area (Å²) in [6.07, 6.45) is 8.21. The molecule has 0 aliphatic heterocycles. The molecule has 0 amide bonds. The fourth-order valence-corrected chi connectivity index (χ4v) is 8.10. The Bertz CT molecular complexity index is 2950. The molecule has 7 aromatic carbocycles. The number of Topliss-reactive ketones (excluding diaryl/α,β-unsaturated/α-hetero) is 1. The SMILES string of the molecule is CCCCCOc1ccc(N(c2ccc(C3=C([O-])/C(=C4C=C/C(=[N+](/c5ccccc5)c5cccc6ccccc56)C=C/4O)C3=O)c(O)c2)c2cccc3ccccc23)cc1. The van der Waals surface area contributed by atoms with Crippen molar-refractivity contribution in [1.82, 2.24) is 4.58 Å². The van der Waals surface area contributed by atoms with Gasteiger partial charge < -0.3 is 25.0 Å². The highest BCUT2D eigenvalue weighted by Crippen LogP contribution is 2.45. The molecule has 7 nitrogen and oxygen atoms in total. The highest BCUT2D eigenvalue weighted by atomic mass is 16.5. The fourth-order valence-electron chi connectivity index (χ4n) is 8.10. The molecule has 0 fully saturated rings. The number of aromatic hydroxyl groups is 1. The lowest BCUT2D eigenvalue weighted by Gasteiger charge is -2.33. The van der Waals surface area contributed by atoms with Crippen molar-refractivity contribution >= 4 is 67.0 Å². The predicted octanol–water partition coefficient (Wildman–Crippen LogP) is 11.7. The fraction of sp³-hybridized carbons (Fsp3) is 0.0943. The van der Waals surface area contributed by atoms with Crippen LogP contribution in [0.1, 0.15) is 31.7 Å². The van der Waals surface area contributed by atoms with Gasteiger partial charge in [0, 0.05) is 69.4 Å². The van der Waals surface area contributed by atoms with E-state index in [-0.39, 0.29) is 33.8 Å². The van der Waals surface area contributed by atoms with Crippen LogP contribution in [0.25, 0.3) is 27.1 Å². The minimum absolute atomic E-state index is 0.122. The van der Waals surface area contributed by atoms with Crippen molar-refractivity contribution < 1.29 is 24.9 Å². The highest BCUT2D eigenvalue weighted by Gasteiger charge is 2.35. The molecule has 0 radical (unpaired) electrons. The molecule has 9 rings (SSSR count). The van der Waals surface area contributed by atoms with Crippen LogP contribution in [0.3, 0.4) is 0 Å². The van der Waals surface area contributed by atoms with Gasteiger partial charge in [-0.25, -0.2) is 0 Å². The molecule has 0 spiro atoms. The average molecular weight is 787 g/mol. The van der Waals surface area contributed by atoms with Crippen molar-refractivity contribution in [3.05, 3.63) is 204 Å². The van der Waals surface area contributed by atoms with E-state index in [2.05, 4.69) is 43.3 Å². The summed E-state index contributed by atoms with van der Waals surface area (Å²) in [4.78, 5) is 15.9. The van der Waals surface area contributed by atoms with Gasteiger partial charge in [0.05, 0.1) is 23.8 Å². The summed E-state index contributed by atoms with van der Waals surface area (Å²) in [5.41, 5.74) is 4.83. The maximum absolute atomic E-state index is 13.9. The van der Waals surface area contributed by atoms with Gasteiger partial charge in [-0.15, -0.1) is 0 Å². The molecule has 0 heterocycles. The first-order valence-electron chi connectivity index (χ1n) is 20.2. The Morgan fingerprint density at radius 1 is 0.667 bits per heavy atom. The maximum Gasteiger partial charge on any atom is 0.219 e. The number of anilines is 3. The molecule has 0 saturated heterocycles. The van der Waals surface area contributed by atoms with E-state index in [1.807, 2.05) is 113 Å². The van der Waals surface area contributed by atoms with Gasteiger partial charge in [0.15, 0.2) is 5.78 Å². The number of hydrogen-bond acceptors (Lipinski definition) is 6. The number of carbonyl (C=O) groups is 1. The molecule has 0 saturated carbocycles. The van der Waals surface area contributed by atoms with Gasteiger partial charge in [0.25, 0.3) is 0 Å². The Labute approximate surface area is 348 Å². The smallest absolute Gasteiger partial charge is 0.219 e. The van der Waals surface area contributed by atoms with Crippen LogP contribution in [0.2, 0.25) is 0 Å². The number of phenols is 1. The molecule has 294 valence electrons. The number of ketones is 1. The second-order valence-corrected chi connectivity index (χ2v) is 14.9. The summed E-state index contributed by atoms with van der Waals surface area (Å²) < 4.78 is 8.03. The first-order chi connectivity index (χ1) is 29.4. The number of carbonyl (C=O) groups excluding carboxylic acids is 1. The van der Waals surface area contributed by atoms with Crippen molar-refractivity contribution in [1.29, 1.82) is 0 Å². The molecule has 7 heteroatoms. The number of phenolic OH excluding ortho intramolecular Hbond substituents is 1. The van der Waals surface area contributed by atoms with Crippen LogP contribution in [0.4, 0.5) is 28.4 Å². The summed E-state index contributed by atoms with van der Waals surface area (Å²) in [5, 5.41) is 41.1. The molecule has 7 aromatic rings. The first-order valence-corrected chi connectivity index (χ1v) is 20.2. The molecule has 60 heavy (non-hydrogen) atoms. The highest BCUT2D eigenvalue weighted by molar-refractivity contribution is 6.40. The average Bonchev–Trinajstić information content (AvgIpc) is 3.28. The molecule has 0 aromatic heterocycles. The Morgan fingerprint density at radius 3 is 2.05 bits per heavy atom. The van der Waals surface area contributed by atoms with Gasteiger partial charge in [-0.2, -0.15) is 4.58 Å². The van der Waals surface area contributed by atoms with Crippen molar-refractivity contribution in [3.63, 3.8) is 0 Å². The van der Waals surface area contributed by atoms with Crippen LogP contribution < -0.4 is 19.3 Å². The lowest BCUT2D eigenvalue weighted by Crippen LogP contribution is -2.31. The third-order valence-corrected chi connectivity index (χ3v) is 11.1. The second kappa shape index (κ2) is 16.3. The molecule has 2 aliphatic rings. The van der Waals surface area contributed by atoms with Crippen molar-refractivity contribution in [3.8, 4) is 11.5 Å². The van der Waals surface area contributed by atoms with E-state index in [1.165, 1.54) is 0 Å². The molecule has 0 atom stereocenters. The standard InChI is InChI=1S/C53H42N2O5/c1-2-3-11-32-60-41-28-24-38(25-29-41)55(47-23-13-17-36-15-8-10-21-43(36)47)40-27-31-45(49(57)34-40)51-52(58)50(53(51)59)44-30-26-39(33-48(44)56)54(37-18-5-4-6-19-37)46-22-12-16-35-14-7-9-20-42(35)46/h4-10,12-31,33-34H,2-3,11,32H2,1H3,(H2,56,57,58,59). The van der Waals surface area contributed by atoms with E-state index in [0.717, 1.165) is 69.3 Å². The number of aliphatic hydroxyl groups is 1. The second-order valence-electron chi connectivity index (χ2n) is 14.9. The van der Waals surface area contributed by atoms with Crippen LogP contribution in [-0.4, -0.2) is 28.3 Å². The number of aliphatic hydroxyl groups excluding tert-OH is 1. The lowest BCUT2D eigenvalue weighted by atomic mass is 9.79. The van der Waals surface area contributed by atoms with Gasteiger partial charge in [-0.3, -0.25) is 4.79 Å². The Hall–Kier alpha value is -7.64. The Morgan fingerprint density at radius 2 is 1.33 bits per heavy atom. The molecule has 2 N–H and O–H groups in total. The van der Waals surface area contributed by atoms with Gasteiger partial charge in [0.2, 0.25) is 17.1 Å². The molecular formula is C53H42N2O5. The van der Waals surface area contributed by atoms with Crippen molar-refractivity contribution in [2.45, 2.75) is 26.2 Å². The number of ether oxygens (including phenoxy) is 1. The van der Waals surface area contributed by atoms with E-state index >= 15 is 0 Å². The zero-order valence-corrected chi connectivity index (χ0v) is 33.1. The van der Waals surface area contributed by atoms with Crippen LogP contribution >= 0.6 is 0 Å². The number of hydrogen-bond donors (Lipinski definition) is 2. The van der Waals surface area contributed by atoms with Crippen LogP contribution in [0.15, 0.2) is 199 Å². The number of fused-ring (bicyclic) bond motifs is 2. The van der Waals surface area contributed by atoms with Gasteiger partial charge in [-0.05, 0) is 71.8 Å². The summed E-state index contributed by atoms with van der Waals surface area (Å²) in [6, 6.07) is 51.0. The summed E-state index contributed by atoms with van der Waals surface area (Å²) in [7, 11) is 0. The van der Waals surface area contributed by atoms with Crippen molar-refractivity contribution in [2.75, 3.05) is 11.5 Å². The zero-order valence-electron chi connectivity index (χ0n) is 33.1. The Kier molecular flexibility index (Phi) is 10.3. The number of allylic oxidation sites excluding steroid dienone is 5. The van der Waals surface area contributed by atoms with Gasteiger partial charge >= 0.3 is 0 Å². The minimum Gasteiger partial charge on any atom is -0.871 e. The summed E-state index contributed by atoms with van der Waals surface area (Å²) in [5.74, 6) is -0.721. The number of unbranched alkanes of at least 4 members (excludes halogenated alkanes) is 2. The van der Waals surface area contributed by atoms with E-state index in [9.17, 15) is 20.1 Å². The van der Waals surface area contributed by atoms with Crippen LogP contribution in [-0.2, 0) is 4.79 Å². The zero-order chi connectivity index (χ0) is 41.2. The molecule has 0 bridgehead atoms. The van der Waals surface area contributed by atoms with Crippen LogP contribution in [0.5, 0.6) is 11.5 Å². The molecule has 0 unspecified atom stereocenters. The van der Waals surface area contributed by atoms with Gasteiger partial charge in [-0.1, -0.05) is 110 Å². The number of para-hydroxylation sites is 1. The van der Waals surface area contributed by atoms with Gasteiger partial charge in [0.1, 0.15) is 17.3 Å². The third-order valence-electron chi connectivity index (χ3n) is 11.1. The normalized spacial score (nSPS) is 15.9. The summed E-state index contributed by atoms with van der Waals surface area (Å²) in [6.45, 7) is 2.81. The molecule has 2 aliphatic carbocycles. The van der Waals surface area contributed by atoms with E-state index in [4.69, 9.17) is 4.74 Å².